The van der Waals surface area contributed by atoms with Crippen molar-refractivity contribution >= 4 is 50.8 Å². The lowest BCUT2D eigenvalue weighted by molar-refractivity contribution is 0.261. The number of aromatic nitrogens is 2. The van der Waals surface area contributed by atoms with E-state index >= 15 is 0 Å². The van der Waals surface area contributed by atoms with E-state index in [1.807, 2.05) is 61.5 Å². The minimum Gasteiger partial charge on any atom is -0.307 e. The summed E-state index contributed by atoms with van der Waals surface area (Å²) in [6, 6.07) is 21.7. The van der Waals surface area contributed by atoms with Gasteiger partial charge in [0, 0.05) is 35.3 Å². The normalized spacial score (nSPS) is 14.9. The van der Waals surface area contributed by atoms with Crippen molar-refractivity contribution in [2.75, 3.05) is 23.7 Å². The van der Waals surface area contributed by atoms with E-state index < -0.39 is 10.0 Å². The Morgan fingerprint density at radius 2 is 1.64 bits per heavy atom. The SMILES string of the molecule is Cc1ccc(-n2nc(C(C)(C)C)cc2NC(=O)Nc2ccccc2CC2CCN(S(=O)(=O)c3ccc(Cl)cc3Cl)CC2)cc1. The quantitative estimate of drug-likeness (QED) is 0.211. The van der Waals surface area contributed by atoms with E-state index in [1.165, 1.54) is 22.5 Å². The molecule has 2 heterocycles. The molecule has 44 heavy (non-hydrogen) atoms. The molecule has 1 fully saturated rings. The maximum absolute atomic E-state index is 13.3. The Morgan fingerprint density at radius 3 is 2.30 bits per heavy atom. The number of urea groups is 1. The summed E-state index contributed by atoms with van der Waals surface area (Å²) < 4.78 is 29.7. The summed E-state index contributed by atoms with van der Waals surface area (Å²) in [5.41, 5.74) is 4.36. The van der Waals surface area contributed by atoms with Crippen LogP contribution in [0.3, 0.4) is 0 Å². The number of nitrogens with zero attached hydrogens (tertiary/aromatic N) is 3. The average molecular weight is 655 g/mol. The predicted molar refractivity (Wildman–Crippen MR) is 178 cm³/mol. The van der Waals surface area contributed by atoms with Crippen LogP contribution in [0, 0.1) is 12.8 Å². The summed E-state index contributed by atoms with van der Waals surface area (Å²) in [4.78, 5) is 13.4. The van der Waals surface area contributed by atoms with Gasteiger partial charge in [0.15, 0.2) is 0 Å². The largest absolute Gasteiger partial charge is 0.324 e. The molecule has 0 radical (unpaired) electrons. The van der Waals surface area contributed by atoms with Crippen LogP contribution in [0.25, 0.3) is 5.69 Å². The van der Waals surface area contributed by atoms with Crippen LogP contribution in [0.5, 0.6) is 0 Å². The molecule has 2 amide bonds. The molecule has 5 rings (SSSR count). The summed E-state index contributed by atoms with van der Waals surface area (Å²) in [6.45, 7) is 9.06. The van der Waals surface area contributed by atoms with Gasteiger partial charge >= 0.3 is 6.03 Å². The minimum absolute atomic E-state index is 0.0703. The average Bonchev–Trinajstić information content (AvgIpc) is 3.39. The number of hydrogen-bond acceptors (Lipinski definition) is 4. The van der Waals surface area contributed by atoms with Gasteiger partial charge in [-0.1, -0.05) is 79.9 Å². The van der Waals surface area contributed by atoms with E-state index in [2.05, 4.69) is 31.4 Å². The molecule has 8 nitrogen and oxygen atoms in total. The summed E-state index contributed by atoms with van der Waals surface area (Å²) in [5.74, 6) is 0.827. The molecule has 3 aromatic carbocycles. The second kappa shape index (κ2) is 12.9. The van der Waals surface area contributed by atoms with Crippen molar-refractivity contribution in [1.82, 2.24) is 14.1 Å². The number of carbonyl (C=O) groups is 1. The number of nitrogens with one attached hydrogen (secondary N) is 2. The third kappa shape index (κ3) is 7.29. The number of anilines is 2. The van der Waals surface area contributed by atoms with Gasteiger partial charge in [-0.15, -0.1) is 0 Å². The van der Waals surface area contributed by atoms with Gasteiger partial charge in [-0.3, -0.25) is 5.32 Å². The number of halogens is 2. The van der Waals surface area contributed by atoms with Gasteiger partial charge in [0.25, 0.3) is 0 Å². The topological polar surface area (TPSA) is 96.3 Å². The lowest BCUT2D eigenvalue weighted by Gasteiger charge is -2.31. The monoisotopic (exact) mass is 653 g/mol. The molecule has 1 aliphatic heterocycles. The number of amides is 2. The number of rotatable bonds is 7. The highest BCUT2D eigenvalue weighted by Gasteiger charge is 2.31. The fraction of sp³-hybridized carbons (Fsp3) is 0.333. The van der Waals surface area contributed by atoms with Gasteiger partial charge in [0.05, 0.1) is 16.4 Å². The number of benzene rings is 3. The van der Waals surface area contributed by atoms with Crippen LogP contribution in [-0.4, -0.2) is 41.6 Å². The molecule has 0 bridgehead atoms. The highest BCUT2D eigenvalue weighted by Crippen LogP contribution is 2.32. The third-order valence-corrected chi connectivity index (χ3v) is 10.5. The van der Waals surface area contributed by atoms with Gasteiger partial charge in [0.2, 0.25) is 10.0 Å². The first-order chi connectivity index (χ1) is 20.8. The number of aryl methyl sites for hydroxylation is 1. The van der Waals surface area contributed by atoms with E-state index in [9.17, 15) is 13.2 Å². The molecule has 0 saturated carbocycles. The van der Waals surface area contributed by atoms with Crippen molar-refractivity contribution in [3.8, 4) is 5.69 Å². The van der Waals surface area contributed by atoms with Gasteiger partial charge in [0.1, 0.15) is 10.7 Å². The van der Waals surface area contributed by atoms with Crippen molar-refractivity contribution in [2.45, 2.75) is 57.3 Å². The molecule has 232 valence electrons. The Bertz CT molecular complexity index is 1760. The van der Waals surface area contributed by atoms with Crippen molar-refractivity contribution in [1.29, 1.82) is 0 Å². The van der Waals surface area contributed by atoms with Crippen LogP contribution >= 0.6 is 23.2 Å². The fourth-order valence-corrected chi connectivity index (χ4v) is 7.51. The highest BCUT2D eigenvalue weighted by molar-refractivity contribution is 7.89. The van der Waals surface area contributed by atoms with Crippen LogP contribution in [0.2, 0.25) is 10.0 Å². The van der Waals surface area contributed by atoms with Gasteiger partial charge < -0.3 is 5.32 Å². The maximum Gasteiger partial charge on any atom is 0.324 e. The Hall–Kier alpha value is -3.37. The lowest BCUT2D eigenvalue weighted by Crippen LogP contribution is -2.39. The van der Waals surface area contributed by atoms with E-state index in [1.54, 1.807) is 4.68 Å². The van der Waals surface area contributed by atoms with E-state index in [0.717, 1.165) is 22.5 Å². The van der Waals surface area contributed by atoms with E-state index in [-0.39, 0.29) is 27.3 Å². The van der Waals surface area contributed by atoms with Crippen LogP contribution < -0.4 is 10.6 Å². The number of sulfonamides is 1. The summed E-state index contributed by atoms with van der Waals surface area (Å²) in [6.07, 6.45) is 2.09. The Kier molecular flexibility index (Phi) is 9.41. The standard InChI is InChI=1S/C33H37Cl2N5O3S/c1-22-9-12-26(13-10-22)40-31(21-30(38-40)33(2,3)4)37-32(41)36-28-8-6-5-7-24(28)19-23-15-17-39(18-16-23)44(42,43)29-14-11-25(34)20-27(29)35/h5-14,20-21,23H,15-19H2,1-4H3,(H2,36,37,41). The molecule has 2 N–H and O–H groups in total. The molecular weight excluding hydrogens is 617 g/mol. The van der Waals surface area contributed by atoms with E-state index in [0.29, 0.717) is 48.9 Å². The van der Waals surface area contributed by atoms with Crippen LogP contribution in [0.4, 0.5) is 16.3 Å². The van der Waals surface area contributed by atoms with Gasteiger partial charge in [-0.2, -0.15) is 9.40 Å². The minimum atomic E-state index is -3.72. The first-order valence-electron chi connectivity index (χ1n) is 14.6. The summed E-state index contributed by atoms with van der Waals surface area (Å²) in [5, 5.41) is 11.3. The Morgan fingerprint density at radius 1 is 0.955 bits per heavy atom. The van der Waals surface area contributed by atoms with Crippen LogP contribution in [0.1, 0.15) is 50.4 Å². The molecule has 4 aromatic rings. The number of para-hydroxylation sites is 1. The number of carbonyl (C=O) groups excluding carboxylic acids is 1. The third-order valence-electron chi connectivity index (χ3n) is 7.86. The number of hydrogen-bond donors (Lipinski definition) is 2. The molecular formula is C33H37Cl2N5O3S. The Balaban J connectivity index is 1.26. The smallest absolute Gasteiger partial charge is 0.307 e. The van der Waals surface area contributed by atoms with Gasteiger partial charge in [-0.05, 0) is 74.1 Å². The van der Waals surface area contributed by atoms with Crippen molar-refractivity contribution in [3.05, 3.63) is 99.7 Å². The first-order valence-corrected chi connectivity index (χ1v) is 16.8. The van der Waals surface area contributed by atoms with Crippen LogP contribution in [-0.2, 0) is 21.9 Å². The highest BCUT2D eigenvalue weighted by atomic mass is 35.5. The molecule has 0 unspecified atom stereocenters. The molecule has 0 spiro atoms. The van der Waals surface area contributed by atoms with E-state index in [4.69, 9.17) is 28.3 Å². The maximum atomic E-state index is 13.3. The lowest BCUT2D eigenvalue weighted by atomic mass is 9.90. The summed E-state index contributed by atoms with van der Waals surface area (Å²) in [7, 11) is -3.72. The van der Waals surface area contributed by atoms with Crippen LogP contribution in [0.15, 0.2) is 77.7 Å². The molecule has 1 aliphatic rings. The van der Waals surface area contributed by atoms with Crippen molar-refractivity contribution in [2.24, 2.45) is 5.92 Å². The van der Waals surface area contributed by atoms with Gasteiger partial charge in [-0.25, -0.2) is 17.9 Å². The molecule has 1 saturated heterocycles. The second-order valence-electron chi connectivity index (χ2n) is 12.3. The molecule has 0 atom stereocenters. The summed E-state index contributed by atoms with van der Waals surface area (Å²) >= 11 is 12.2. The first kappa shape index (κ1) is 32.0. The number of piperidine rings is 1. The molecule has 0 aliphatic carbocycles. The fourth-order valence-electron chi connectivity index (χ4n) is 5.30. The van der Waals surface area contributed by atoms with Crippen molar-refractivity contribution in [3.63, 3.8) is 0 Å². The second-order valence-corrected chi connectivity index (χ2v) is 15.0. The predicted octanol–water partition coefficient (Wildman–Crippen LogP) is 8.07. The Labute approximate surface area is 269 Å². The zero-order chi connectivity index (χ0) is 31.6. The van der Waals surface area contributed by atoms with Crippen molar-refractivity contribution < 1.29 is 13.2 Å². The molecule has 1 aromatic heterocycles. The zero-order valence-corrected chi connectivity index (χ0v) is 27.6. The zero-order valence-electron chi connectivity index (χ0n) is 25.3. The molecule has 11 heteroatoms.